The van der Waals surface area contributed by atoms with E-state index in [0.717, 1.165) is 6.42 Å². The summed E-state index contributed by atoms with van der Waals surface area (Å²) in [7, 11) is 1.59. The highest BCUT2D eigenvalue weighted by Gasteiger charge is 2.54. The van der Waals surface area contributed by atoms with E-state index in [0.29, 0.717) is 32.1 Å². The van der Waals surface area contributed by atoms with Gasteiger partial charge in [0.05, 0.1) is 67.5 Å². The first-order chi connectivity index (χ1) is 16.8. The van der Waals surface area contributed by atoms with Gasteiger partial charge in [-0.3, -0.25) is 4.79 Å². The van der Waals surface area contributed by atoms with Gasteiger partial charge in [-0.2, -0.15) is 0 Å². The van der Waals surface area contributed by atoms with Gasteiger partial charge in [-0.15, -0.1) is 0 Å². The smallest absolute Gasteiger partial charge is 0.172 e. The summed E-state index contributed by atoms with van der Waals surface area (Å²) in [4.78, 5) is 13.0. The van der Waals surface area contributed by atoms with Crippen LogP contribution in [0.5, 0.6) is 0 Å². The molecule has 10 nitrogen and oxygen atoms in total. The van der Waals surface area contributed by atoms with Crippen LogP contribution in [0.2, 0.25) is 0 Å². The van der Waals surface area contributed by atoms with Gasteiger partial charge >= 0.3 is 0 Å². The van der Waals surface area contributed by atoms with E-state index >= 15 is 0 Å². The van der Waals surface area contributed by atoms with Crippen LogP contribution in [0.4, 0.5) is 0 Å². The lowest BCUT2D eigenvalue weighted by molar-refractivity contribution is -0.268. The molecule has 3 aliphatic carbocycles. The van der Waals surface area contributed by atoms with E-state index < -0.39 is 54.4 Å². The summed E-state index contributed by atoms with van der Waals surface area (Å²) in [5.74, 6) is -1.27. The number of aliphatic hydroxyl groups excluding tert-OH is 5. The summed E-state index contributed by atoms with van der Waals surface area (Å²) in [6.07, 6.45) is -2.21. The van der Waals surface area contributed by atoms with Crippen LogP contribution in [0, 0.1) is 17.8 Å². The van der Waals surface area contributed by atoms with E-state index in [-0.39, 0.29) is 55.7 Å². The van der Waals surface area contributed by atoms with E-state index in [1.165, 1.54) is 0 Å². The van der Waals surface area contributed by atoms with Crippen molar-refractivity contribution in [1.82, 2.24) is 0 Å². The molecule has 0 aromatic heterocycles. The summed E-state index contributed by atoms with van der Waals surface area (Å²) in [6.45, 7) is -0.152. The van der Waals surface area contributed by atoms with Gasteiger partial charge in [0.15, 0.2) is 5.78 Å². The molecule has 14 atom stereocenters. The van der Waals surface area contributed by atoms with Crippen molar-refractivity contribution in [2.75, 3.05) is 13.7 Å². The number of carbonyl (C=O) groups excluding carboxylic acids is 1. The van der Waals surface area contributed by atoms with Crippen LogP contribution < -0.4 is 0 Å². The van der Waals surface area contributed by atoms with Gasteiger partial charge in [-0.25, -0.2) is 0 Å². The molecule has 12 unspecified atom stereocenters. The van der Waals surface area contributed by atoms with Crippen LogP contribution in [0.25, 0.3) is 0 Å². The molecular weight excluding hydrogens is 460 g/mol. The highest BCUT2D eigenvalue weighted by molar-refractivity contribution is 5.87. The minimum absolute atomic E-state index is 0.0749. The maximum absolute atomic E-state index is 13.0. The molecule has 5 fully saturated rings. The summed E-state index contributed by atoms with van der Waals surface area (Å²) < 4.78 is 24.5. The Morgan fingerprint density at radius 2 is 1.51 bits per heavy atom. The van der Waals surface area contributed by atoms with Crippen molar-refractivity contribution in [2.45, 2.75) is 119 Å². The predicted octanol–water partition coefficient (Wildman–Crippen LogP) is -0.695. The van der Waals surface area contributed by atoms with E-state index in [9.17, 15) is 30.3 Å². The van der Waals surface area contributed by atoms with Crippen molar-refractivity contribution in [3.8, 4) is 0 Å². The summed E-state index contributed by atoms with van der Waals surface area (Å²) in [5.41, 5.74) is 0. The van der Waals surface area contributed by atoms with Crippen molar-refractivity contribution in [2.24, 2.45) is 17.8 Å². The van der Waals surface area contributed by atoms with Gasteiger partial charge in [0.25, 0.3) is 0 Å². The molecule has 0 bridgehead atoms. The summed E-state index contributed by atoms with van der Waals surface area (Å²) >= 11 is 0. The minimum atomic E-state index is -1.32. The summed E-state index contributed by atoms with van der Waals surface area (Å²) in [6, 6.07) is 0. The fourth-order valence-electron chi connectivity index (χ4n) is 7.28. The van der Waals surface area contributed by atoms with Crippen LogP contribution in [-0.2, 0) is 23.7 Å². The third-order valence-corrected chi connectivity index (χ3v) is 9.13. The first-order valence-electron chi connectivity index (χ1n) is 13.2. The van der Waals surface area contributed by atoms with Crippen molar-refractivity contribution in [3.63, 3.8) is 0 Å². The lowest BCUT2D eigenvalue weighted by Gasteiger charge is -2.51. The lowest BCUT2D eigenvalue weighted by Crippen LogP contribution is -2.62. The number of carbonyl (C=O) groups is 1. The van der Waals surface area contributed by atoms with Gasteiger partial charge < -0.3 is 44.5 Å². The Hall–Kier alpha value is -0.690. The largest absolute Gasteiger partial charge is 0.394 e. The van der Waals surface area contributed by atoms with Gasteiger partial charge in [0.1, 0.15) is 12.2 Å². The van der Waals surface area contributed by atoms with Crippen molar-refractivity contribution in [1.29, 1.82) is 0 Å². The van der Waals surface area contributed by atoms with Gasteiger partial charge in [-0.05, 0) is 50.4 Å². The zero-order valence-electron chi connectivity index (χ0n) is 20.2. The zero-order valence-corrected chi connectivity index (χ0v) is 20.2. The molecule has 200 valence electrons. The van der Waals surface area contributed by atoms with Crippen molar-refractivity contribution >= 4 is 5.78 Å². The second-order valence-corrected chi connectivity index (χ2v) is 11.2. The normalized spacial score (nSPS) is 53.0. The average Bonchev–Trinajstić information content (AvgIpc) is 2.85. The van der Waals surface area contributed by atoms with Crippen LogP contribution in [0.3, 0.4) is 0 Å². The molecule has 10 heteroatoms. The maximum Gasteiger partial charge on any atom is 0.172 e. The number of ketones is 1. The molecule has 0 amide bonds. The second kappa shape index (κ2) is 10.6. The third kappa shape index (κ3) is 4.94. The molecular formula is C25H40O10. The number of fused-ring (bicyclic) bond motifs is 2. The van der Waals surface area contributed by atoms with Crippen molar-refractivity contribution < 1.29 is 49.3 Å². The van der Waals surface area contributed by atoms with E-state index in [1.54, 1.807) is 7.11 Å². The number of aliphatic hydroxyl groups is 5. The van der Waals surface area contributed by atoms with Crippen molar-refractivity contribution in [3.05, 3.63) is 0 Å². The zero-order chi connectivity index (χ0) is 24.9. The van der Waals surface area contributed by atoms with Gasteiger partial charge in [0.2, 0.25) is 0 Å². The fraction of sp³-hybridized carbons (Fsp3) is 0.960. The monoisotopic (exact) mass is 500 g/mol. The minimum Gasteiger partial charge on any atom is -0.394 e. The second-order valence-electron chi connectivity index (χ2n) is 11.2. The molecule has 2 saturated heterocycles. The molecule has 2 aliphatic heterocycles. The molecule has 5 rings (SSSR count). The van der Waals surface area contributed by atoms with Crippen LogP contribution in [0.1, 0.15) is 51.4 Å². The molecule has 0 spiro atoms. The first-order valence-corrected chi connectivity index (χ1v) is 13.2. The molecule has 5 aliphatic rings. The standard InChI is InChI=1S/C25H40O10/c1-32-17-6-11(2-4-14(17)28)24-20(10-26)33-16-5-3-12(7-18(16)34-24)25-23(31)22(30)21-15(29)8-13(27)9-19(21)35-25/h11-21,23-29,31H,2-10H2,1H3/t11?,12?,13?,14?,15?,16?,17?,18?,19?,20?,21?,23-,24?,25+/m0/s1. The molecule has 3 saturated carbocycles. The average molecular weight is 501 g/mol. The van der Waals surface area contributed by atoms with Crippen LogP contribution >= 0.6 is 0 Å². The Bertz CT molecular complexity index is 750. The Morgan fingerprint density at radius 3 is 2.26 bits per heavy atom. The number of hydrogen-bond donors (Lipinski definition) is 5. The highest BCUT2D eigenvalue weighted by atomic mass is 16.6. The predicted molar refractivity (Wildman–Crippen MR) is 120 cm³/mol. The molecule has 5 N–H and O–H groups in total. The topological polar surface area (TPSA) is 155 Å². The van der Waals surface area contributed by atoms with Gasteiger partial charge in [-0.1, -0.05) is 0 Å². The molecule has 0 radical (unpaired) electrons. The first kappa shape index (κ1) is 25.9. The Kier molecular flexibility index (Phi) is 7.85. The van der Waals surface area contributed by atoms with Crippen LogP contribution in [0.15, 0.2) is 0 Å². The quantitative estimate of drug-likeness (QED) is 0.335. The Labute approximate surface area is 205 Å². The number of methoxy groups -OCH3 is 1. The molecule has 0 aromatic rings. The number of hydrogen-bond acceptors (Lipinski definition) is 10. The fourth-order valence-corrected chi connectivity index (χ4v) is 7.28. The molecule has 2 heterocycles. The van der Waals surface area contributed by atoms with E-state index in [2.05, 4.69) is 0 Å². The van der Waals surface area contributed by atoms with Crippen LogP contribution in [-0.4, -0.2) is 112 Å². The SMILES string of the molecule is COC1CC(C2OC3CC([C@H]4OC5CC(O)CC(O)C5C(=O)[C@@H]4O)CCC3OC2CO)CCC1O. The number of rotatable bonds is 4. The van der Waals surface area contributed by atoms with E-state index in [4.69, 9.17) is 18.9 Å². The number of ether oxygens (including phenoxy) is 4. The highest BCUT2D eigenvalue weighted by Crippen LogP contribution is 2.44. The van der Waals surface area contributed by atoms with E-state index in [1.807, 2.05) is 0 Å². The van der Waals surface area contributed by atoms with Gasteiger partial charge in [0, 0.05) is 20.0 Å². The third-order valence-electron chi connectivity index (χ3n) is 9.13. The maximum atomic E-state index is 13.0. The number of Topliss-reactive ketones (excluding diaryl/α,β-unsaturated/α-hetero) is 1. The Morgan fingerprint density at radius 1 is 0.800 bits per heavy atom. The molecule has 0 aromatic carbocycles. The Balaban J connectivity index is 1.27. The summed E-state index contributed by atoms with van der Waals surface area (Å²) in [5, 5.41) is 51.4. The lowest BCUT2D eigenvalue weighted by atomic mass is 9.71. The molecule has 35 heavy (non-hydrogen) atoms.